The summed E-state index contributed by atoms with van der Waals surface area (Å²) in [4.78, 5) is 28.6. The zero-order valence-electron chi connectivity index (χ0n) is 17.9. The zero-order chi connectivity index (χ0) is 23.7. The molecule has 5 aromatic rings. The van der Waals surface area contributed by atoms with E-state index in [1.807, 2.05) is 24.3 Å². The van der Waals surface area contributed by atoms with Gasteiger partial charge in [-0.3, -0.25) is 9.59 Å². The number of carbonyl (C=O) groups excluding carboxylic acids is 2. The van der Waals surface area contributed by atoms with Gasteiger partial charge in [-0.1, -0.05) is 40.2 Å². The minimum atomic E-state index is -0.354. The van der Waals surface area contributed by atoms with Crippen LogP contribution >= 0.6 is 15.9 Å². The number of nitrogens with one attached hydrogen (secondary N) is 3. The van der Waals surface area contributed by atoms with E-state index in [1.54, 1.807) is 42.5 Å². The standard InChI is InChI=1S/C26H20BrN3O4/c27-10-9-15-5-7-19(31)14-21(15)30-25(32)22-12-17-11-18(6-8-20(17)29-22)28-26(33)24-13-16-3-1-2-4-23(16)34-24/h1-8,11-14,29,31H,9-10H2,(H,28,33)(H,30,32). The van der Waals surface area contributed by atoms with Crippen LogP contribution in [-0.2, 0) is 6.42 Å². The fourth-order valence-electron chi connectivity index (χ4n) is 3.81. The van der Waals surface area contributed by atoms with Crippen molar-refractivity contribution in [1.29, 1.82) is 0 Å². The average molecular weight is 518 g/mol. The van der Waals surface area contributed by atoms with Crippen LogP contribution in [0.2, 0.25) is 0 Å². The molecule has 0 saturated heterocycles. The molecule has 0 bridgehead atoms. The third-order valence-corrected chi connectivity index (χ3v) is 5.87. The number of benzene rings is 3. The molecule has 8 heteroatoms. The molecular weight excluding hydrogens is 498 g/mol. The molecule has 4 N–H and O–H groups in total. The van der Waals surface area contributed by atoms with E-state index in [4.69, 9.17) is 4.42 Å². The highest BCUT2D eigenvalue weighted by Crippen LogP contribution is 2.26. The van der Waals surface area contributed by atoms with Crippen molar-refractivity contribution in [3.8, 4) is 5.75 Å². The number of rotatable bonds is 6. The van der Waals surface area contributed by atoms with Gasteiger partial charge in [0, 0.05) is 39.1 Å². The van der Waals surface area contributed by atoms with Gasteiger partial charge in [-0.05, 0) is 54.4 Å². The normalized spacial score (nSPS) is 11.1. The molecule has 34 heavy (non-hydrogen) atoms. The van der Waals surface area contributed by atoms with Crippen molar-refractivity contribution >= 4 is 61.0 Å². The van der Waals surface area contributed by atoms with Gasteiger partial charge in [0.15, 0.2) is 5.76 Å². The van der Waals surface area contributed by atoms with E-state index in [1.165, 1.54) is 6.07 Å². The second-order valence-corrected chi connectivity index (χ2v) is 8.62. The largest absolute Gasteiger partial charge is 0.508 e. The summed E-state index contributed by atoms with van der Waals surface area (Å²) in [7, 11) is 0. The fourth-order valence-corrected chi connectivity index (χ4v) is 4.24. The number of halogens is 1. The number of carbonyl (C=O) groups is 2. The van der Waals surface area contributed by atoms with Crippen LogP contribution in [-0.4, -0.2) is 27.2 Å². The predicted octanol–water partition coefficient (Wildman–Crippen LogP) is 6.06. The summed E-state index contributed by atoms with van der Waals surface area (Å²) >= 11 is 3.40. The summed E-state index contributed by atoms with van der Waals surface area (Å²) in [6.07, 6.45) is 0.705. The minimum absolute atomic E-state index is 0.0788. The summed E-state index contributed by atoms with van der Waals surface area (Å²) in [6, 6.07) is 21.1. The number of hydrogen-bond donors (Lipinski definition) is 4. The molecule has 2 amide bonds. The maximum Gasteiger partial charge on any atom is 0.291 e. The lowest BCUT2D eigenvalue weighted by molar-refractivity contribution is 0.0996. The number of fused-ring (bicyclic) bond motifs is 2. The molecule has 5 rings (SSSR count). The first kappa shape index (κ1) is 21.8. The molecule has 0 fully saturated rings. The van der Waals surface area contributed by atoms with Gasteiger partial charge in [-0.15, -0.1) is 0 Å². The molecule has 0 aliphatic carbocycles. The van der Waals surface area contributed by atoms with Crippen LogP contribution in [0.5, 0.6) is 5.75 Å². The number of anilines is 2. The molecule has 0 spiro atoms. The van der Waals surface area contributed by atoms with E-state index in [0.29, 0.717) is 29.1 Å². The Balaban J connectivity index is 1.35. The Kier molecular flexibility index (Phi) is 5.81. The highest BCUT2D eigenvalue weighted by molar-refractivity contribution is 9.09. The van der Waals surface area contributed by atoms with Crippen molar-refractivity contribution in [2.75, 3.05) is 16.0 Å². The van der Waals surface area contributed by atoms with Gasteiger partial charge < -0.3 is 25.1 Å². The van der Waals surface area contributed by atoms with Crippen molar-refractivity contribution in [2.45, 2.75) is 6.42 Å². The first-order valence-electron chi connectivity index (χ1n) is 10.6. The molecule has 0 saturated carbocycles. The molecule has 0 atom stereocenters. The second kappa shape index (κ2) is 9.07. The molecule has 7 nitrogen and oxygen atoms in total. The molecule has 0 aliphatic rings. The Bertz CT molecular complexity index is 1500. The van der Waals surface area contributed by atoms with Crippen LogP contribution in [0.3, 0.4) is 0 Å². The van der Waals surface area contributed by atoms with E-state index >= 15 is 0 Å². The molecule has 0 unspecified atom stereocenters. The van der Waals surface area contributed by atoms with E-state index in [9.17, 15) is 14.7 Å². The molecule has 3 aromatic carbocycles. The number of phenolic OH excluding ortho intramolecular Hbond substituents is 1. The van der Waals surface area contributed by atoms with Crippen LogP contribution in [0.15, 0.2) is 77.2 Å². The van der Waals surface area contributed by atoms with Crippen LogP contribution in [0, 0.1) is 0 Å². The van der Waals surface area contributed by atoms with E-state index in [-0.39, 0.29) is 23.3 Å². The zero-order valence-corrected chi connectivity index (χ0v) is 19.5. The molecular formula is C26H20BrN3O4. The number of alkyl halides is 1. The topological polar surface area (TPSA) is 107 Å². The Labute approximate surface area is 202 Å². The van der Waals surface area contributed by atoms with Gasteiger partial charge in [0.25, 0.3) is 11.8 Å². The van der Waals surface area contributed by atoms with Crippen molar-refractivity contribution in [1.82, 2.24) is 4.98 Å². The average Bonchev–Trinajstić information content (AvgIpc) is 3.45. The first-order chi connectivity index (χ1) is 16.5. The van der Waals surface area contributed by atoms with Crippen LogP contribution in [0.25, 0.3) is 21.9 Å². The second-order valence-electron chi connectivity index (χ2n) is 7.82. The number of para-hydroxylation sites is 1. The molecule has 0 aliphatic heterocycles. The number of amides is 2. The van der Waals surface area contributed by atoms with E-state index in [2.05, 4.69) is 31.5 Å². The number of phenols is 1. The SMILES string of the molecule is O=C(Nc1cc(O)ccc1CCBr)c1cc2cc(NC(=O)c3cc4ccccc4o3)ccc2[nH]1. The third kappa shape index (κ3) is 4.40. The molecule has 2 heterocycles. The van der Waals surface area contributed by atoms with Crippen LogP contribution < -0.4 is 10.6 Å². The Morgan fingerprint density at radius 3 is 2.59 bits per heavy atom. The lowest BCUT2D eigenvalue weighted by Gasteiger charge is -2.10. The van der Waals surface area contributed by atoms with Crippen molar-refractivity contribution in [3.63, 3.8) is 0 Å². The lowest BCUT2D eigenvalue weighted by Crippen LogP contribution is -2.13. The smallest absolute Gasteiger partial charge is 0.291 e. The summed E-state index contributed by atoms with van der Waals surface area (Å²) in [5.41, 5.74) is 3.82. The first-order valence-corrected chi connectivity index (χ1v) is 11.7. The van der Waals surface area contributed by atoms with Crippen molar-refractivity contribution in [3.05, 3.63) is 89.8 Å². The number of aromatic amines is 1. The number of hydrogen-bond acceptors (Lipinski definition) is 4. The minimum Gasteiger partial charge on any atom is -0.508 e. The van der Waals surface area contributed by atoms with Gasteiger partial charge >= 0.3 is 0 Å². The maximum atomic E-state index is 12.9. The number of aromatic nitrogens is 1. The summed E-state index contributed by atoms with van der Waals surface area (Å²) in [6.45, 7) is 0. The summed E-state index contributed by atoms with van der Waals surface area (Å²) < 4.78 is 5.63. The Morgan fingerprint density at radius 2 is 1.76 bits per heavy atom. The maximum absolute atomic E-state index is 12.9. The highest BCUT2D eigenvalue weighted by Gasteiger charge is 2.15. The Morgan fingerprint density at radius 1 is 0.912 bits per heavy atom. The van der Waals surface area contributed by atoms with Gasteiger partial charge in [0.2, 0.25) is 0 Å². The summed E-state index contributed by atoms with van der Waals surface area (Å²) in [5.74, 6) is -0.381. The molecule has 170 valence electrons. The predicted molar refractivity (Wildman–Crippen MR) is 136 cm³/mol. The van der Waals surface area contributed by atoms with E-state index < -0.39 is 0 Å². The molecule has 0 radical (unpaired) electrons. The Hall–Kier alpha value is -4.04. The third-order valence-electron chi connectivity index (χ3n) is 5.48. The quantitative estimate of drug-likeness (QED) is 0.205. The number of furan rings is 1. The van der Waals surface area contributed by atoms with Gasteiger partial charge in [-0.25, -0.2) is 0 Å². The van der Waals surface area contributed by atoms with Crippen molar-refractivity contribution in [2.24, 2.45) is 0 Å². The van der Waals surface area contributed by atoms with Crippen LogP contribution in [0.1, 0.15) is 26.6 Å². The monoisotopic (exact) mass is 517 g/mol. The van der Waals surface area contributed by atoms with Gasteiger partial charge in [0.05, 0.1) is 0 Å². The van der Waals surface area contributed by atoms with E-state index in [0.717, 1.165) is 27.2 Å². The van der Waals surface area contributed by atoms with Crippen LogP contribution in [0.4, 0.5) is 11.4 Å². The molecule has 2 aromatic heterocycles. The number of aromatic hydroxyl groups is 1. The van der Waals surface area contributed by atoms with Crippen molar-refractivity contribution < 1.29 is 19.1 Å². The van der Waals surface area contributed by atoms with Gasteiger partial charge in [-0.2, -0.15) is 0 Å². The fraction of sp³-hybridized carbons (Fsp3) is 0.0769. The lowest BCUT2D eigenvalue weighted by atomic mass is 10.1. The van der Waals surface area contributed by atoms with Gasteiger partial charge in [0.1, 0.15) is 17.0 Å². The summed E-state index contributed by atoms with van der Waals surface area (Å²) in [5, 5.41) is 17.9. The number of aryl methyl sites for hydroxylation is 1. The number of H-pyrrole nitrogens is 1. The highest BCUT2D eigenvalue weighted by atomic mass is 79.9.